The molecular weight excluding hydrogens is 290 g/mol. The second kappa shape index (κ2) is 9.37. The molecule has 0 aliphatic rings. The van der Waals surface area contributed by atoms with Crippen molar-refractivity contribution in [1.82, 2.24) is 4.90 Å². The predicted octanol–water partition coefficient (Wildman–Crippen LogP) is 2.27. The zero-order valence-electron chi connectivity index (χ0n) is 12.8. The first-order chi connectivity index (χ1) is 9.47. The molecule has 1 unspecified atom stereocenters. The third kappa shape index (κ3) is 6.14. The van der Waals surface area contributed by atoms with Crippen LogP contribution in [0.2, 0.25) is 0 Å². The third-order valence-corrected chi connectivity index (χ3v) is 2.95. The van der Waals surface area contributed by atoms with Crippen LogP contribution in [-0.4, -0.2) is 35.8 Å². The molecule has 3 N–H and O–H groups in total. The zero-order valence-corrected chi connectivity index (χ0v) is 13.6. The van der Waals surface area contributed by atoms with Crippen LogP contribution in [0.4, 0.5) is 5.69 Å². The van der Waals surface area contributed by atoms with Gasteiger partial charge in [-0.2, -0.15) is 0 Å². The minimum absolute atomic E-state index is 0. The molecule has 0 aliphatic carbocycles. The molecule has 1 aromatic rings. The molecule has 0 saturated heterocycles. The van der Waals surface area contributed by atoms with Crippen LogP contribution < -0.4 is 11.1 Å². The minimum atomic E-state index is -0.185. The Morgan fingerprint density at radius 2 is 1.90 bits per heavy atom. The number of carbonyl (C=O) groups excluding carboxylic acids is 2. The maximum Gasteiger partial charge on any atom is 0.253 e. The first-order valence-electron chi connectivity index (χ1n) is 6.92. The lowest BCUT2D eigenvalue weighted by atomic mass is 10.1. The molecule has 1 atom stereocenters. The van der Waals surface area contributed by atoms with Crippen LogP contribution in [0.25, 0.3) is 0 Å². The Bertz CT molecular complexity index is 474. The van der Waals surface area contributed by atoms with Crippen molar-refractivity contribution in [3.05, 3.63) is 29.8 Å². The van der Waals surface area contributed by atoms with E-state index in [1.807, 2.05) is 13.8 Å². The molecule has 0 aliphatic heterocycles. The number of halogens is 1. The van der Waals surface area contributed by atoms with Gasteiger partial charge in [0.05, 0.1) is 0 Å². The molecule has 0 heterocycles. The number of rotatable bonds is 6. The summed E-state index contributed by atoms with van der Waals surface area (Å²) in [5, 5.41) is 2.75. The summed E-state index contributed by atoms with van der Waals surface area (Å²) >= 11 is 0. The van der Waals surface area contributed by atoms with Gasteiger partial charge in [0.25, 0.3) is 5.91 Å². The number of carbonyl (C=O) groups is 2. The third-order valence-electron chi connectivity index (χ3n) is 2.95. The maximum atomic E-state index is 12.2. The van der Waals surface area contributed by atoms with Gasteiger partial charge in [-0.1, -0.05) is 6.07 Å². The van der Waals surface area contributed by atoms with Crippen molar-refractivity contribution >= 4 is 29.9 Å². The summed E-state index contributed by atoms with van der Waals surface area (Å²) in [5.74, 6) is -0.175. The van der Waals surface area contributed by atoms with Crippen molar-refractivity contribution in [1.29, 1.82) is 0 Å². The predicted molar refractivity (Wildman–Crippen MR) is 87.8 cm³/mol. The lowest BCUT2D eigenvalue weighted by molar-refractivity contribution is -0.116. The topological polar surface area (TPSA) is 75.4 Å². The molecule has 0 fully saturated rings. The molecule has 21 heavy (non-hydrogen) atoms. The maximum absolute atomic E-state index is 12.2. The van der Waals surface area contributed by atoms with E-state index >= 15 is 0 Å². The fourth-order valence-electron chi connectivity index (χ4n) is 1.93. The van der Waals surface area contributed by atoms with Crippen molar-refractivity contribution < 1.29 is 9.59 Å². The van der Waals surface area contributed by atoms with Gasteiger partial charge in [0.15, 0.2) is 0 Å². The number of nitrogens with one attached hydrogen (secondary N) is 1. The fraction of sp³-hybridized carbons (Fsp3) is 0.467. The van der Waals surface area contributed by atoms with Gasteiger partial charge in [0.1, 0.15) is 0 Å². The first kappa shape index (κ1) is 19.4. The number of nitrogens with two attached hydrogens (primary N) is 1. The highest BCUT2D eigenvalue weighted by Crippen LogP contribution is 2.13. The van der Waals surface area contributed by atoms with E-state index in [-0.39, 0.29) is 36.7 Å². The highest BCUT2D eigenvalue weighted by atomic mass is 35.5. The fourth-order valence-corrected chi connectivity index (χ4v) is 1.93. The molecule has 1 rings (SSSR count). The second-order valence-electron chi connectivity index (χ2n) is 4.79. The van der Waals surface area contributed by atoms with Gasteiger partial charge >= 0.3 is 0 Å². The largest absolute Gasteiger partial charge is 0.339 e. The van der Waals surface area contributed by atoms with Crippen molar-refractivity contribution in [2.75, 3.05) is 18.4 Å². The normalized spacial score (nSPS) is 11.2. The Kier molecular flexibility index (Phi) is 8.66. The lowest BCUT2D eigenvalue weighted by Gasteiger charge is -2.19. The van der Waals surface area contributed by atoms with Gasteiger partial charge in [-0.3, -0.25) is 9.59 Å². The van der Waals surface area contributed by atoms with Crippen molar-refractivity contribution in [3.63, 3.8) is 0 Å². The van der Waals surface area contributed by atoms with Gasteiger partial charge in [0, 0.05) is 36.8 Å². The van der Waals surface area contributed by atoms with Gasteiger partial charge in [0.2, 0.25) is 5.91 Å². The summed E-state index contributed by atoms with van der Waals surface area (Å²) in [5.41, 5.74) is 6.77. The number of hydrogen-bond donors (Lipinski definition) is 2. The molecule has 0 saturated carbocycles. The number of hydrogen-bond acceptors (Lipinski definition) is 3. The Hall–Kier alpha value is -1.59. The highest BCUT2D eigenvalue weighted by Gasteiger charge is 2.13. The molecule has 0 radical (unpaired) electrons. The van der Waals surface area contributed by atoms with E-state index in [0.717, 1.165) is 0 Å². The molecule has 118 valence electrons. The summed E-state index contributed by atoms with van der Waals surface area (Å²) < 4.78 is 0. The van der Waals surface area contributed by atoms with Crippen LogP contribution in [-0.2, 0) is 4.79 Å². The van der Waals surface area contributed by atoms with Crippen molar-refractivity contribution in [2.24, 2.45) is 5.73 Å². The highest BCUT2D eigenvalue weighted by molar-refractivity contribution is 5.97. The quantitative estimate of drug-likeness (QED) is 0.846. The molecule has 6 heteroatoms. The van der Waals surface area contributed by atoms with E-state index in [0.29, 0.717) is 24.3 Å². The van der Waals surface area contributed by atoms with Crippen LogP contribution >= 0.6 is 12.4 Å². The summed E-state index contributed by atoms with van der Waals surface area (Å²) in [6.45, 7) is 6.98. The molecule has 5 nitrogen and oxygen atoms in total. The molecule has 0 bridgehead atoms. The Morgan fingerprint density at radius 1 is 1.29 bits per heavy atom. The summed E-state index contributed by atoms with van der Waals surface area (Å²) in [7, 11) is 0. The van der Waals surface area contributed by atoms with E-state index < -0.39 is 0 Å². The summed E-state index contributed by atoms with van der Waals surface area (Å²) in [4.78, 5) is 25.6. The Labute approximate surface area is 132 Å². The standard InChI is InChI=1S/C15H23N3O2.ClH/c1-4-18(5-2)15(20)12-7-6-8-13(10-12)17-14(19)9-11(3)16;/h6-8,10-11H,4-5,9,16H2,1-3H3,(H,17,19);1H. The number of anilines is 1. The Balaban J connectivity index is 0.00000400. The molecule has 1 aromatic carbocycles. The van der Waals surface area contributed by atoms with Crippen molar-refractivity contribution in [2.45, 2.75) is 33.2 Å². The number of nitrogens with zero attached hydrogens (tertiary/aromatic N) is 1. The average Bonchev–Trinajstić information content (AvgIpc) is 2.39. The molecular formula is C15H24ClN3O2. The van der Waals surface area contributed by atoms with Crippen molar-refractivity contribution in [3.8, 4) is 0 Å². The van der Waals surface area contributed by atoms with Crippen LogP contribution in [0.15, 0.2) is 24.3 Å². The first-order valence-corrected chi connectivity index (χ1v) is 6.92. The monoisotopic (exact) mass is 313 g/mol. The van der Waals surface area contributed by atoms with Crippen LogP contribution in [0.5, 0.6) is 0 Å². The van der Waals surface area contributed by atoms with Gasteiger partial charge in [-0.05, 0) is 39.0 Å². The van der Waals surface area contributed by atoms with Gasteiger partial charge in [-0.25, -0.2) is 0 Å². The average molecular weight is 314 g/mol. The van der Waals surface area contributed by atoms with E-state index in [1.165, 1.54) is 0 Å². The number of amides is 2. The summed E-state index contributed by atoms with van der Waals surface area (Å²) in [6, 6.07) is 6.79. The molecule has 0 aromatic heterocycles. The van der Waals surface area contributed by atoms with E-state index in [2.05, 4.69) is 5.32 Å². The zero-order chi connectivity index (χ0) is 15.1. The van der Waals surface area contributed by atoms with E-state index in [4.69, 9.17) is 5.73 Å². The van der Waals surface area contributed by atoms with Gasteiger partial charge < -0.3 is 16.0 Å². The SMILES string of the molecule is CCN(CC)C(=O)c1cccc(NC(=O)CC(C)N)c1.Cl. The van der Waals surface area contributed by atoms with Gasteiger partial charge in [-0.15, -0.1) is 12.4 Å². The van der Waals surface area contributed by atoms with E-state index in [9.17, 15) is 9.59 Å². The van der Waals surface area contributed by atoms with Crippen LogP contribution in [0.1, 0.15) is 37.6 Å². The molecule has 2 amide bonds. The van der Waals surface area contributed by atoms with E-state index in [1.54, 1.807) is 36.1 Å². The summed E-state index contributed by atoms with van der Waals surface area (Å²) in [6.07, 6.45) is 0.258. The van der Waals surface area contributed by atoms with Crippen LogP contribution in [0, 0.1) is 0 Å². The minimum Gasteiger partial charge on any atom is -0.339 e. The number of benzene rings is 1. The second-order valence-corrected chi connectivity index (χ2v) is 4.79. The molecule has 0 spiro atoms. The lowest BCUT2D eigenvalue weighted by Crippen LogP contribution is -2.30. The Morgan fingerprint density at radius 3 is 2.43 bits per heavy atom. The van der Waals surface area contributed by atoms with Crippen LogP contribution in [0.3, 0.4) is 0 Å². The smallest absolute Gasteiger partial charge is 0.253 e.